The number of carbonyl (C=O) groups excluding carboxylic acids is 2. The molecular formula is C17H22O4Si. The maximum atomic E-state index is 11.8. The number of esters is 1. The molecule has 5 heteroatoms. The van der Waals surface area contributed by atoms with E-state index in [4.69, 9.17) is 9.47 Å². The van der Waals surface area contributed by atoms with Crippen LogP contribution in [-0.2, 0) is 14.3 Å². The van der Waals surface area contributed by atoms with Gasteiger partial charge in [0.15, 0.2) is 5.78 Å². The monoisotopic (exact) mass is 318 g/mol. The smallest absolute Gasteiger partial charge is 0.355 e. The van der Waals surface area contributed by atoms with Crippen LogP contribution < -0.4 is 4.74 Å². The second-order valence-electron chi connectivity index (χ2n) is 5.86. The van der Waals surface area contributed by atoms with E-state index in [9.17, 15) is 9.59 Å². The summed E-state index contributed by atoms with van der Waals surface area (Å²) >= 11 is 0. The average molecular weight is 318 g/mol. The van der Waals surface area contributed by atoms with Crippen molar-refractivity contribution in [3.8, 4) is 17.2 Å². The van der Waals surface area contributed by atoms with Gasteiger partial charge in [-0.3, -0.25) is 4.79 Å². The van der Waals surface area contributed by atoms with E-state index in [1.54, 1.807) is 19.1 Å². The fraction of sp³-hybridized carbons (Fsp3) is 0.412. The summed E-state index contributed by atoms with van der Waals surface area (Å²) in [5.41, 5.74) is 3.91. The van der Waals surface area contributed by atoms with E-state index in [1.165, 1.54) is 6.92 Å². The highest BCUT2D eigenvalue weighted by atomic mass is 28.3. The summed E-state index contributed by atoms with van der Waals surface area (Å²) in [6.07, 6.45) is -1.25. The van der Waals surface area contributed by atoms with Crippen molar-refractivity contribution in [2.24, 2.45) is 0 Å². The molecule has 0 radical (unpaired) electrons. The van der Waals surface area contributed by atoms with Gasteiger partial charge in [0.05, 0.1) is 12.2 Å². The normalized spacial score (nSPS) is 11.9. The van der Waals surface area contributed by atoms with Crippen molar-refractivity contribution >= 4 is 19.8 Å². The van der Waals surface area contributed by atoms with E-state index < -0.39 is 25.9 Å². The van der Waals surface area contributed by atoms with Crippen molar-refractivity contribution in [3.63, 3.8) is 0 Å². The van der Waals surface area contributed by atoms with Crippen LogP contribution >= 0.6 is 0 Å². The Hall–Kier alpha value is -2.06. The average Bonchev–Trinajstić information content (AvgIpc) is 2.42. The minimum atomic E-state index is -1.53. The Morgan fingerprint density at radius 3 is 2.41 bits per heavy atom. The van der Waals surface area contributed by atoms with Crippen molar-refractivity contribution in [2.75, 3.05) is 6.61 Å². The lowest BCUT2D eigenvalue weighted by Crippen LogP contribution is -2.36. The van der Waals surface area contributed by atoms with Gasteiger partial charge < -0.3 is 9.47 Å². The molecule has 1 aromatic carbocycles. The van der Waals surface area contributed by atoms with E-state index in [0.717, 1.165) is 0 Å². The largest absolute Gasteiger partial charge is 0.469 e. The van der Waals surface area contributed by atoms with Gasteiger partial charge in [0.2, 0.25) is 0 Å². The number of carbonyl (C=O) groups is 2. The van der Waals surface area contributed by atoms with Crippen LogP contribution in [0.4, 0.5) is 0 Å². The molecule has 0 fully saturated rings. The molecule has 4 nitrogen and oxygen atoms in total. The first-order valence-electron chi connectivity index (χ1n) is 7.20. The number of ether oxygens (including phenoxy) is 2. The molecule has 1 rings (SSSR count). The predicted molar refractivity (Wildman–Crippen MR) is 88.4 cm³/mol. The molecule has 0 saturated heterocycles. The van der Waals surface area contributed by atoms with Crippen LogP contribution in [0.2, 0.25) is 19.6 Å². The molecule has 0 saturated carbocycles. The molecule has 22 heavy (non-hydrogen) atoms. The number of para-hydroxylation sites is 1. The zero-order chi connectivity index (χ0) is 16.8. The van der Waals surface area contributed by atoms with Gasteiger partial charge in [-0.2, -0.15) is 0 Å². The molecule has 0 spiro atoms. The molecule has 0 aliphatic carbocycles. The highest BCUT2D eigenvalue weighted by Gasteiger charge is 2.27. The Morgan fingerprint density at radius 1 is 1.23 bits per heavy atom. The Labute approximate surface area is 132 Å². The van der Waals surface area contributed by atoms with Gasteiger partial charge in [0.1, 0.15) is 13.8 Å². The summed E-state index contributed by atoms with van der Waals surface area (Å²) in [6.45, 7) is 9.60. The van der Waals surface area contributed by atoms with E-state index in [-0.39, 0.29) is 6.61 Å². The number of Topliss-reactive ketones (excluding diaryl/α,β-unsaturated/α-hetero) is 1. The lowest BCUT2D eigenvalue weighted by atomic mass is 10.2. The minimum absolute atomic E-state index is 0.197. The van der Waals surface area contributed by atoms with E-state index >= 15 is 0 Å². The van der Waals surface area contributed by atoms with E-state index in [2.05, 4.69) is 31.1 Å². The quantitative estimate of drug-likeness (QED) is 0.362. The van der Waals surface area contributed by atoms with Gasteiger partial charge in [0, 0.05) is 0 Å². The van der Waals surface area contributed by atoms with Gasteiger partial charge in [-0.15, -0.1) is 5.54 Å². The number of hydrogen-bond acceptors (Lipinski definition) is 4. The molecule has 0 bridgehead atoms. The highest BCUT2D eigenvalue weighted by molar-refractivity contribution is 6.83. The summed E-state index contributed by atoms with van der Waals surface area (Å²) in [7, 11) is -1.53. The fourth-order valence-electron chi connectivity index (χ4n) is 1.57. The molecule has 0 aliphatic rings. The molecule has 0 N–H and O–H groups in total. The molecule has 1 unspecified atom stereocenters. The third kappa shape index (κ3) is 5.74. The first kappa shape index (κ1) is 18.0. The van der Waals surface area contributed by atoms with Crippen LogP contribution in [0, 0.1) is 11.5 Å². The predicted octanol–water partition coefficient (Wildman–Crippen LogP) is 2.82. The van der Waals surface area contributed by atoms with Crippen molar-refractivity contribution < 1.29 is 19.1 Å². The van der Waals surface area contributed by atoms with Crippen LogP contribution in [0.15, 0.2) is 24.3 Å². The number of rotatable bonds is 5. The molecular weight excluding hydrogens is 296 g/mol. The van der Waals surface area contributed by atoms with Gasteiger partial charge in [-0.1, -0.05) is 37.7 Å². The second-order valence-corrected chi connectivity index (χ2v) is 10.6. The van der Waals surface area contributed by atoms with E-state index in [0.29, 0.717) is 11.3 Å². The minimum Gasteiger partial charge on any atom is -0.469 e. The standard InChI is InChI=1S/C17H22O4Si/c1-6-20-17(19)16(13(2)18)21-15-10-8-7-9-14(15)11-12-22(3,4)5/h7-10,16H,6H2,1-5H3. The van der Waals surface area contributed by atoms with E-state index in [1.807, 2.05) is 12.1 Å². The number of benzene rings is 1. The maximum absolute atomic E-state index is 11.8. The van der Waals surface area contributed by atoms with Gasteiger partial charge in [-0.25, -0.2) is 4.79 Å². The van der Waals surface area contributed by atoms with Gasteiger partial charge in [0.25, 0.3) is 6.10 Å². The lowest BCUT2D eigenvalue weighted by Gasteiger charge is -2.16. The van der Waals surface area contributed by atoms with Crippen molar-refractivity contribution in [2.45, 2.75) is 39.6 Å². The third-order valence-electron chi connectivity index (χ3n) is 2.57. The summed E-state index contributed by atoms with van der Waals surface area (Å²) in [4.78, 5) is 23.5. The first-order valence-corrected chi connectivity index (χ1v) is 10.7. The summed E-state index contributed by atoms with van der Waals surface area (Å²) < 4.78 is 10.5. The van der Waals surface area contributed by atoms with Crippen LogP contribution in [0.1, 0.15) is 19.4 Å². The third-order valence-corrected chi connectivity index (χ3v) is 3.45. The van der Waals surface area contributed by atoms with Crippen molar-refractivity contribution in [1.82, 2.24) is 0 Å². The molecule has 118 valence electrons. The van der Waals surface area contributed by atoms with Crippen LogP contribution in [0.3, 0.4) is 0 Å². The SMILES string of the molecule is CCOC(=O)C(Oc1ccccc1C#C[Si](C)(C)C)C(C)=O. The van der Waals surface area contributed by atoms with Crippen molar-refractivity contribution in [1.29, 1.82) is 0 Å². The Bertz CT molecular complexity index is 605. The fourth-order valence-corrected chi connectivity index (χ4v) is 2.08. The molecule has 1 aromatic rings. The van der Waals surface area contributed by atoms with Crippen LogP contribution in [0.25, 0.3) is 0 Å². The first-order chi connectivity index (χ1) is 10.2. The topological polar surface area (TPSA) is 52.6 Å². The summed E-state index contributed by atoms with van der Waals surface area (Å²) in [5, 5.41) is 0. The number of ketones is 1. The van der Waals surface area contributed by atoms with Crippen molar-refractivity contribution in [3.05, 3.63) is 29.8 Å². The Morgan fingerprint density at radius 2 is 1.86 bits per heavy atom. The molecule has 0 aromatic heterocycles. The van der Waals surface area contributed by atoms with Gasteiger partial charge in [-0.05, 0) is 26.0 Å². The van der Waals surface area contributed by atoms with Crippen LogP contribution in [0.5, 0.6) is 5.75 Å². The summed E-state index contributed by atoms with van der Waals surface area (Å²) in [6, 6.07) is 7.12. The Balaban J connectivity index is 3.08. The maximum Gasteiger partial charge on any atom is 0.355 e. The Kier molecular flexibility index (Phi) is 6.38. The highest BCUT2D eigenvalue weighted by Crippen LogP contribution is 2.19. The zero-order valence-electron chi connectivity index (χ0n) is 13.7. The van der Waals surface area contributed by atoms with Crippen LogP contribution in [-0.4, -0.2) is 32.5 Å². The number of hydrogen-bond donors (Lipinski definition) is 0. The molecule has 1 atom stereocenters. The molecule has 0 aliphatic heterocycles. The zero-order valence-corrected chi connectivity index (χ0v) is 14.7. The lowest BCUT2D eigenvalue weighted by molar-refractivity contribution is -0.154. The summed E-state index contributed by atoms with van der Waals surface area (Å²) in [5.74, 6) is 2.44. The molecule has 0 heterocycles. The molecule has 0 amide bonds. The van der Waals surface area contributed by atoms with Gasteiger partial charge >= 0.3 is 5.97 Å². The second kappa shape index (κ2) is 7.81.